The van der Waals surface area contributed by atoms with E-state index in [1.807, 2.05) is 6.92 Å². The molecule has 1 heterocycles. The van der Waals surface area contributed by atoms with Gasteiger partial charge < -0.3 is 15.4 Å². The topological polar surface area (TPSA) is 76.1 Å². The fourth-order valence-corrected chi connectivity index (χ4v) is 2.35. The Bertz CT molecular complexity index is 632. The van der Waals surface area contributed by atoms with Gasteiger partial charge in [-0.3, -0.25) is 4.79 Å². The molecule has 0 aliphatic carbocycles. The maximum atomic E-state index is 12.1. The first-order valence-corrected chi connectivity index (χ1v) is 7.55. The van der Waals surface area contributed by atoms with E-state index in [1.165, 1.54) is 11.3 Å². The summed E-state index contributed by atoms with van der Waals surface area (Å²) < 4.78 is 5.10. The van der Waals surface area contributed by atoms with E-state index in [4.69, 9.17) is 16.3 Å². The van der Waals surface area contributed by atoms with Crippen LogP contribution in [0.2, 0.25) is 5.02 Å². The molecule has 1 aromatic heterocycles. The van der Waals surface area contributed by atoms with Crippen LogP contribution in [0.5, 0.6) is 5.75 Å². The number of methoxy groups -OCH3 is 1. The third-order valence-corrected chi connectivity index (χ3v) is 3.78. The predicted octanol–water partition coefficient (Wildman–Crippen LogP) is 3.27. The number of nitrogens with zero attached hydrogens (tertiary/aromatic N) is 2. The van der Waals surface area contributed by atoms with Crippen LogP contribution in [0.25, 0.3) is 0 Å². The van der Waals surface area contributed by atoms with E-state index in [1.54, 1.807) is 25.3 Å². The van der Waals surface area contributed by atoms with Crippen LogP contribution in [0, 0.1) is 0 Å². The number of carbonyl (C=O) groups excluding carboxylic acids is 1. The highest BCUT2D eigenvalue weighted by Crippen LogP contribution is 2.27. The first-order chi connectivity index (χ1) is 10.1. The monoisotopic (exact) mass is 326 g/mol. The molecule has 0 aliphatic heterocycles. The summed E-state index contributed by atoms with van der Waals surface area (Å²) in [4.78, 5) is 12.1. The first-order valence-electron chi connectivity index (χ1n) is 6.36. The largest absolute Gasteiger partial charge is 0.497 e. The minimum Gasteiger partial charge on any atom is -0.497 e. The molecule has 0 spiro atoms. The van der Waals surface area contributed by atoms with Gasteiger partial charge in [0, 0.05) is 12.6 Å². The molecule has 6 nitrogen and oxygen atoms in total. The Morgan fingerprint density at radius 3 is 2.95 bits per heavy atom. The van der Waals surface area contributed by atoms with Gasteiger partial charge in [0.2, 0.25) is 10.1 Å². The number of benzene rings is 1. The lowest BCUT2D eigenvalue weighted by Crippen LogP contribution is -2.12. The van der Waals surface area contributed by atoms with Crippen molar-refractivity contribution in [2.45, 2.75) is 13.3 Å². The van der Waals surface area contributed by atoms with Crippen LogP contribution in [0.3, 0.4) is 0 Å². The highest BCUT2D eigenvalue weighted by atomic mass is 35.5. The zero-order valence-electron chi connectivity index (χ0n) is 11.6. The van der Waals surface area contributed by atoms with E-state index in [0.29, 0.717) is 21.6 Å². The number of carbonyl (C=O) groups is 1. The molecule has 0 bridgehead atoms. The summed E-state index contributed by atoms with van der Waals surface area (Å²) in [7, 11) is 1.55. The second-order valence-electron chi connectivity index (χ2n) is 4.14. The van der Waals surface area contributed by atoms with Crippen LogP contribution >= 0.6 is 22.9 Å². The van der Waals surface area contributed by atoms with Gasteiger partial charge in [0.05, 0.1) is 17.8 Å². The molecule has 2 rings (SSSR count). The van der Waals surface area contributed by atoms with Gasteiger partial charge in [-0.1, -0.05) is 29.9 Å². The summed E-state index contributed by atoms with van der Waals surface area (Å²) >= 11 is 7.24. The van der Waals surface area contributed by atoms with Crippen LogP contribution in [0.15, 0.2) is 18.2 Å². The third kappa shape index (κ3) is 4.05. The van der Waals surface area contributed by atoms with E-state index in [9.17, 15) is 4.79 Å². The Morgan fingerprint density at radius 2 is 2.24 bits per heavy atom. The molecule has 0 aliphatic rings. The lowest BCUT2D eigenvalue weighted by Gasteiger charge is -2.07. The Labute approximate surface area is 131 Å². The number of ether oxygens (including phenoxy) is 1. The number of anilines is 2. The molecule has 0 atom stereocenters. The van der Waals surface area contributed by atoms with E-state index >= 15 is 0 Å². The van der Waals surface area contributed by atoms with Crippen LogP contribution < -0.4 is 15.4 Å². The number of halogens is 1. The number of hydrogen-bond donors (Lipinski definition) is 2. The molecular weight excluding hydrogens is 312 g/mol. The molecule has 0 saturated carbocycles. The highest BCUT2D eigenvalue weighted by Gasteiger charge is 2.14. The fourth-order valence-electron chi connectivity index (χ4n) is 1.52. The van der Waals surface area contributed by atoms with Crippen molar-refractivity contribution in [2.75, 3.05) is 24.3 Å². The lowest BCUT2D eigenvalue weighted by molar-refractivity contribution is 0.102. The molecule has 0 unspecified atom stereocenters. The smallest absolute Gasteiger partial charge is 0.286 e. The summed E-state index contributed by atoms with van der Waals surface area (Å²) in [6.45, 7) is 2.84. The predicted molar refractivity (Wildman–Crippen MR) is 84.6 cm³/mol. The van der Waals surface area contributed by atoms with E-state index in [-0.39, 0.29) is 10.9 Å². The zero-order valence-corrected chi connectivity index (χ0v) is 13.2. The van der Waals surface area contributed by atoms with Gasteiger partial charge in [-0.2, -0.15) is 0 Å². The van der Waals surface area contributed by atoms with Crippen molar-refractivity contribution in [1.29, 1.82) is 0 Å². The lowest BCUT2D eigenvalue weighted by atomic mass is 10.3. The Kier molecular flexibility index (Phi) is 5.35. The minimum absolute atomic E-state index is 0.271. The maximum absolute atomic E-state index is 12.1. The SMILES string of the molecule is CCCNc1nnc(C(=O)Nc2cc(OC)ccc2Cl)s1. The zero-order chi connectivity index (χ0) is 15.2. The Morgan fingerprint density at radius 1 is 1.43 bits per heavy atom. The molecule has 112 valence electrons. The van der Waals surface area contributed by atoms with Gasteiger partial charge in [-0.15, -0.1) is 10.2 Å². The third-order valence-electron chi connectivity index (χ3n) is 2.57. The number of nitrogens with one attached hydrogen (secondary N) is 2. The molecule has 1 aromatic carbocycles. The van der Waals surface area contributed by atoms with Gasteiger partial charge in [0.25, 0.3) is 5.91 Å². The molecular formula is C13H15ClN4O2S. The fraction of sp³-hybridized carbons (Fsp3) is 0.308. The van der Waals surface area contributed by atoms with Crippen molar-refractivity contribution in [2.24, 2.45) is 0 Å². The van der Waals surface area contributed by atoms with Gasteiger partial charge in [-0.25, -0.2) is 0 Å². The van der Waals surface area contributed by atoms with Crippen LogP contribution in [-0.2, 0) is 0 Å². The van der Waals surface area contributed by atoms with E-state index in [2.05, 4.69) is 20.8 Å². The first kappa shape index (κ1) is 15.5. The second kappa shape index (κ2) is 7.24. The quantitative estimate of drug-likeness (QED) is 0.852. The Hall–Kier alpha value is -1.86. The molecule has 1 amide bonds. The van der Waals surface area contributed by atoms with Crippen molar-refractivity contribution in [1.82, 2.24) is 10.2 Å². The average molecular weight is 327 g/mol. The van der Waals surface area contributed by atoms with Crippen LogP contribution in [0.4, 0.5) is 10.8 Å². The van der Waals surface area contributed by atoms with E-state index < -0.39 is 0 Å². The van der Waals surface area contributed by atoms with Crippen LogP contribution in [-0.4, -0.2) is 29.8 Å². The van der Waals surface area contributed by atoms with Crippen LogP contribution in [0.1, 0.15) is 23.1 Å². The molecule has 2 N–H and O–H groups in total. The maximum Gasteiger partial charge on any atom is 0.286 e. The minimum atomic E-state index is -0.354. The van der Waals surface area contributed by atoms with Gasteiger partial charge >= 0.3 is 0 Å². The van der Waals surface area contributed by atoms with Gasteiger partial charge in [0.15, 0.2) is 0 Å². The number of amides is 1. The normalized spacial score (nSPS) is 10.2. The summed E-state index contributed by atoms with van der Waals surface area (Å²) in [5.41, 5.74) is 0.472. The van der Waals surface area contributed by atoms with E-state index in [0.717, 1.165) is 13.0 Å². The molecule has 0 saturated heterocycles. The molecule has 2 aromatic rings. The van der Waals surface area contributed by atoms with Crippen molar-refractivity contribution in [3.63, 3.8) is 0 Å². The summed E-state index contributed by atoms with van der Waals surface area (Å²) in [6, 6.07) is 5.03. The average Bonchev–Trinajstić information content (AvgIpc) is 2.96. The van der Waals surface area contributed by atoms with Gasteiger partial charge in [0.1, 0.15) is 5.75 Å². The second-order valence-corrected chi connectivity index (χ2v) is 5.52. The molecule has 21 heavy (non-hydrogen) atoms. The number of aromatic nitrogens is 2. The standard InChI is InChI=1S/C13H15ClN4O2S/c1-3-6-15-13-18-17-12(21-13)11(19)16-10-7-8(20-2)4-5-9(10)14/h4-5,7H,3,6H2,1-2H3,(H,15,18)(H,16,19). The Balaban J connectivity index is 2.09. The highest BCUT2D eigenvalue weighted by molar-refractivity contribution is 7.17. The van der Waals surface area contributed by atoms with Crippen molar-refractivity contribution in [3.8, 4) is 5.75 Å². The molecule has 8 heteroatoms. The van der Waals surface area contributed by atoms with Crippen molar-refractivity contribution >= 4 is 39.7 Å². The molecule has 0 fully saturated rings. The summed E-state index contributed by atoms with van der Waals surface area (Å²) in [5.74, 6) is 0.254. The summed E-state index contributed by atoms with van der Waals surface area (Å²) in [5, 5.41) is 14.9. The summed E-state index contributed by atoms with van der Waals surface area (Å²) in [6.07, 6.45) is 0.973. The number of hydrogen-bond acceptors (Lipinski definition) is 6. The van der Waals surface area contributed by atoms with Crippen molar-refractivity contribution < 1.29 is 9.53 Å². The van der Waals surface area contributed by atoms with Gasteiger partial charge in [-0.05, 0) is 18.6 Å². The number of rotatable bonds is 6. The molecule has 0 radical (unpaired) electrons. The van der Waals surface area contributed by atoms with Crippen molar-refractivity contribution in [3.05, 3.63) is 28.2 Å².